The highest BCUT2D eigenvalue weighted by Crippen LogP contribution is 2.18. The standard InChI is InChI=1S/C18H20N8O2/c1-12-10-15(24-28-12)23-17(27)14-11-16(22-13(2)21-14)25-6-8-26(9-7-25)18-19-4-3-5-20-18/h3-5,10-11H,6-9H2,1-2H3,(H,23,24,27). The van der Waals surface area contributed by atoms with E-state index >= 15 is 0 Å². The van der Waals surface area contributed by atoms with Crippen LogP contribution >= 0.6 is 0 Å². The number of anilines is 3. The normalized spacial score (nSPS) is 14.2. The van der Waals surface area contributed by atoms with Gasteiger partial charge in [-0.1, -0.05) is 5.16 Å². The van der Waals surface area contributed by atoms with Gasteiger partial charge in [0.2, 0.25) is 5.95 Å². The van der Waals surface area contributed by atoms with Crippen molar-refractivity contribution in [2.24, 2.45) is 0 Å². The number of carbonyl (C=O) groups excluding carboxylic acids is 1. The van der Waals surface area contributed by atoms with Gasteiger partial charge in [-0.05, 0) is 19.9 Å². The first-order valence-electron chi connectivity index (χ1n) is 8.96. The lowest BCUT2D eigenvalue weighted by Gasteiger charge is -2.35. The summed E-state index contributed by atoms with van der Waals surface area (Å²) in [6.07, 6.45) is 3.48. The second kappa shape index (κ2) is 7.59. The SMILES string of the molecule is Cc1nc(C(=O)Nc2cc(C)on2)cc(N2CCN(c3ncccn3)CC2)n1. The molecule has 1 aliphatic heterocycles. The van der Waals surface area contributed by atoms with E-state index in [0.717, 1.165) is 37.9 Å². The van der Waals surface area contributed by atoms with Crippen molar-refractivity contribution >= 4 is 23.5 Å². The molecule has 10 nitrogen and oxygen atoms in total. The van der Waals surface area contributed by atoms with Crippen LogP contribution in [-0.2, 0) is 0 Å². The summed E-state index contributed by atoms with van der Waals surface area (Å²) in [5, 5.41) is 6.46. The Morgan fingerprint density at radius 1 is 1.04 bits per heavy atom. The molecule has 4 heterocycles. The zero-order chi connectivity index (χ0) is 19.5. The molecule has 0 atom stereocenters. The maximum absolute atomic E-state index is 12.5. The molecule has 4 rings (SSSR count). The monoisotopic (exact) mass is 380 g/mol. The minimum absolute atomic E-state index is 0.289. The van der Waals surface area contributed by atoms with Crippen LogP contribution in [0.5, 0.6) is 0 Å². The first-order valence-corrected chi connectivity index (χ1v) is 8.96. The van der Waals surface area contributed by atoms with E-state index in [1.54, 1.807) is 44.4 Å². The number of amides is 1. The van der Waals surface area contributed by atoms with E-state index in [-0.39, 0.29) is 11.6 Å². The molecule has 1 fully saturated rings. The summed E-state index contributed by atoms with van der Waals surface area (Å²) in [5.41, 5.74) is 0.289. The second-order valence-corrected chi connectivity index (χ2v) is 6.46. The predicted octanol–water partition coefficient (Wildman–Crippen LogP) is 1.45. The van der Waals surface area contributed by atoms with Crippen molar-refractivity contribution in [3.8, 4) is 0 Å². The molecule has 1 saturated heterocycles. The van der Waals surface area contributed by atoms with Gasteiger partial charge in [-0.2, -0.15) is 0 Å². The summed E-state index contributed by atoms with van der Waals surface area (Å²) in [4.78, 5) is 34.1. The van der Waals surface area contributed by atoms with Crippen molar-refractivity contribution in [3.05, 3.63) is 47.9 Å². The number of piperazine rings is 1. The fourth-order valence-electron chi connectivity index (χ4n) is 3.03. The van der Waals surface area contributed by atoms with Crippen molar-refractivity contribution in [3.63, 3.8) is 0 Å². The van der Waals surface area contributed by atoms with Crippen LogP contribution in [0, 0.1) is 13.8 Å². The summed E-state index contributed by atoms with van der Waals surface area (Å²) in [5.74, 6) is 2.61. The summed E-state index contributed by atoms with van der Waals surface area (Å²) in [7, 11) is 0. The average molecular weight is 380 g/mol. The number of hydrogen-bond donors (Lipinski definition) is 1. The molecule has 3 aromatic rings. The van der Waals surface area contributed by atoms with Crippen LogP contribution in [0.1, 0.15) is 22.1 Å². The van der Waals surface area contributed by atoms with Crippen molar-refractivity contribution in [1.82, 2.24) is 25.1 Å². The van der Waals surface area contributed by atoms with Crippen molar-refractivity contribution in [2.45, 2.75) is 13.8 Å². The molecule has 144 valence electrons. The van der Waals surface area contributed by atoms with Gasteiger partial charge in [0.1, 0.15) is 23.1 Å². The molecule has 0 spiro atoms. The van der Waals surface area contributed by atoms with Crippen molar-refractivity contribution < 1.29 is 9.32 Å². The number of hydrogen-bond acceptors (Lipinski definition) is 9. The molecule has 0 radical (unpaired) electrons. The molecule has 0 unspecified atom stereocenters. The summed E-state index contributed by atoms with van der Waals surface area (Å²) >= 11 is 0. The number of aryl methyl sites for hydroxylation is 2. The van der Waals surface area contributed by atoms with Crippen LogP contribution in [0.3, 0.4) is 0 Å². The topological polar surface area (TPSA) is 113 Å². The average Bonchev–Trinajstić information content (AvgIpc) is 3.13. The molecular weight excluding hydrogens is 360 g/mol. The lowest BCUT2D eigenvalue weighted by atomic mass is 10.3. The minimum Gasteiger partial charge on any atom is -0.360 e. The fraction of sp³-hybridized carbons (Fsp3) is 0.333. The number of aromatic nitrogens is 5. The Hall–Kier alpha value is -3.56. The maximum atomic E-state index is 12.5. The van der Waals surface area contributed by atoms with Gasteiger partial charge >= 0.3 is 0 Å². The molecular formula is C18H20N8O2. The largest absolute Gasteiger partial charge is 0.360 e. The molecule has 1 N–H and O–H groups in total. The fourth-order valence-corrected chi connectivity index (χ4v) is 3.03. The van der Waals surface area contributed by atoms with Gasteiger partial charge in [-0.25, -0.2) is 19.9 Å². The van der Waals surface area contributed by atoms with Gasteiger partial charge in [0.05, 0.1) is 0 Å². The van der Waals surface area contributed by atoms with Gasteiger partial charge in [-0.3, -0.25) is 4.79 Å². The number of nitrogens with one attached hydrogen (secondary N) is 1. The van der Waals surface area contributed by atoms with Crippen LogP contribution in [0.15, 0.2) is 35.1 Å². The molecule has 0 aromatic carbocycles. The molecule has 3 aromatic heterocycles. The Morgan fingerprint density at radius 2 is 1.75 bits per heavy atom. The van der Waals surface area contributed by atoms with Gasteiger partial charge in [0.25, 0.3) is 5.91 Å². The van der Waals surface area contributed by atoms with E-state index in [9.17, 15) is 4.79 Å². The number of rotatable bonds is 4. The van der Waals surface area contributed by atoms with Gasteiger partial charge in [0.15, 0.2) is 5.82 Å². The highest BCUT2D eigenvalue weighted by molar-refractivity contribution is 6.02. The van der Waals surface area contributed by atoms with Crippen LogP contribution < -0.4 is 15.1 Å². The Labute approximate surface area is 161 Å². The van der Waals surface area contributed by atoms with E-state index in [1.807, 2.05) is 0 Å². The number of carbonyl (C=O) groups is 1. The molecule has 0 saturated carbocycles. The Morgan fingerprint density at radius 3 is 2.43 bits per heavy atom. The van der Waals surface area contributed by atoms with E-state index in [4.69, 9.17) is 4.52 Å². The third kappa shape index (κ3) is 3.90. The quantitative estimate of drug-likeness (QED) is 0.718. The van der Waals surface area contributed by atoms with Crippen LogP contribution in [0.4, 0.5) is 17.6 Å². The molecule has 1 amide bonds. The van der Waals surface area contributed by atoms with Crippen molar-refractivity contribution in [1.29, 1.82) is 0 Å². The van der Waals surface area contributed by atoms with E-state index in [0.29, 0.717) is 17.4 Å². The Balaban J connectivity index is 1.46. The zero-order valence-corrected chi connectivity index (χ0v) is 15.7. The van der Waals surface area contributed by atoms with Crippen LogP contribution in [0.25, 0.3) is 0 Å². The summed E-state index contributed by atoms with van der Waals surface area (Å²) in [6.45, 7) is 6.57. The van der Waals surface area contributed by atoms with Crippen LogP contribution in [-0.4, -0.2) is 57.2 Å². The second-order valence-electron chi connectivity index (χ2n) is 6.46. The smallest absolute Gasteiger partial charge is 0.275 e. The molecule has 1 aliphatic rings. The third-order valence-electron chi connectivity index (χ3n) is 4.37. The van der Waals surface area contributed by atoms with Gasteiger partial charge in [-0.15, -0.1) is 0 Å². The first-order chi connectivity index (χ1) is 13.6. The van der Waals surface area contributed by atoms with Gasteiger partial charge in [0, 0.05) is 50.7 Å². The molecule has 10 heteroatoms. The first kappa shape index (κ1) is 17.8. The lowest BCUT2D eigenvalue weighted by molar-refractivity contribution is 0.102. The van der Waals surface area contributed by atoms with Crippen molar-refractivity contribution in [2.75, 3.05) is 41.3 Å². The highest BCUT2D eigenvalue weighted by Gasteiger charge is 2.21. The summed E-state index contributed by atoms with van der Waals surface area (Å²) < 4.78 is 4.97. The maximum Gasteiger partial charge on any atom is 0.275 e. The lowest BCUT2D eigenvalue weighted by Crippen LogP contribution is -2.47. The highest BCUT2D eigenvalue weighted by atomic mass is 16.5. The molecule has 0 aliphatic carbocycles. The summed E-state index contributed by atoms with van der Waals surface area (Å²) in [6, 6.07) is 5.15. The Bertz CT molecular complexity index is 967. The van der Waals surface area contributed by atoms with Crippen LogP contribution in [0.2, 0.25) is 0 Å². The van der Waals surface area contributed by atoms with E-state index in [2.05, 4.69) is 40.2 Å². The molecule has 0 bridgehead atoms. The number of nitrogens with zero attached hydrogens (tertiary/aromatic N) is 7. The van der Waals surface area contributed by atoms with E-state index < -0.39 is 0 Å². The zero-order valence-electron chi connectivity index (χ0n) is 15.7. The molecule has 28 heavy (non-hydrogen) atoms. The minimum atomic E-state index is -0.351. The Kier molecular flexibility index (Phi) is 4.83. The predicted molar refractivity (Wildman–Crippen MR) is 102 cm³/mol. The third-order valence-corrected chi connectivity index (χ3v) is 4.37. The van der Waals surface area contributed by atoms with E-state index in [1.165, 1.54) is 0 Å². The van der Waals surface area contributed by atoms with Gasteiger partial charge < -0.3 is 19.6 Å².